The third-order valence-electron chi connectivity index (χ3n) is 3.88. The zero-order chi connectivity index (χ0) is 14.7. The summed E-state index contributed by atoms with van der Waals surface area (Å²) in [7, 11) is 0. The predicted molar refractivity (Wildman–Crippen MR) is 75.5 cm³/mol. The molecule has 110 valence electrons. The smallest absolute Gasteiger partial charge is 0.180 e. The van der Waals surface area contributed by atoms with Crippen LogP contribution in [-0.4, -0.2) is 59.5 Å². The number of phenols is 1. The van der Waals surface area contributed by atoms with Gasteiger partial charge in [0.05, 0.1) is 12.1 Å². The second-order valence-corrected chi connectivity index (χ2v) is 5.30. The van der Waals surface area contributed by atoms with E-state index in [-0.39, 0.29) is 23.6 Å². The normalized spacial score (nSPS) is 21.1. The first-order valence-corrected chi connectivity index (χ1v) is 6.99. The predicted octanol–water partition coefficient (Wildman–Crippen LogP) is 1.74. The van der Waals surface area contributed by atoms with Crippen LogP contribution < -0.4 is 0 Å². The molecule has 1 N–H and O–H groups in total. The minimum atomic E-state index is -0.504. The molecule has 1 heterocycles. The standard InChI is InChI=1S/C15H21FN2O2/c1-3-18-7-6-17(9-11(18)2)10-15(20)13-8-12(16)4-5-14(13)19/h4-5,8,11,19H,3,6-7,9-10H2,1-2H3. The van der Waals surface area contributed by atoms with E-state index in [1.807, 2.05) is 0 Å². The number of carbonyl (C=O) groups excluding carboxylic acids is 1. The van der Waals surface area contributed by atoms with Gasteiger partial charge in [-0.05, 0) is 31.7 Å². The number of phenolic OH excluding ortho intramolecular Hbond substituents is 1. The van der Waals surface area contributed by atoms with Crippen LogP contribution in [0.15, 0.2) is 18.2 Å². The number of hydrogen-bond acceptors (Lipinski definition) is 4. The van der Waals surface area contributed by atoms with E-state index in [0.717, 1.165) is 38.3 Å². The highest BCUT2D eigenvalue weighted by Crippen LogP contribution is 2.19. The van der Waals surface area contributed by atoms with Crippen molar-refractivity contribution in [3.05, 3.63) is 29.6 Å². The van der Waals surface area contributed by atoms with Gasteiger partial charge in [-0.25, -0.2) is 4.39 Å². The number of carbonyl (C=O) groups is 1. The lowest BCUT2D eigenvalue weighted by Crippen LogP contribution is -2.52. The maximum atomic E-state index is 13.2. The Hall–Kier alpha value is -1.46. The summed E-state index contributed by atoms with van der Waals surface area (Å²) >= 11 is 0. The SMILES string of the molecule is CCN1CCN(CC(=O)c2cc(F)ccc2O)CC1C. The fourth-order valence-corrected chi connectivity index (χ4v) is 2.70. The lowest BCUT2D eigenvalue weighted by molar-refractivity contribution is 0.0721. The first-order valence-electron chi connectivity index (χ1n) is 6.99. The highest BCUT2D eigenvalue weighted by Gasteiger charge is 2.24. The molecule has 1 unspecified atom stereocenters. The Kier molecular flexibility index (Phi) is 4.73. The maximum absolute atomic E-state index is 13.2. The van der Waals surface area contributed by atoms with Crippen molar-refractivity contribution >= 4 is 5.78 Å². The van der Waals surface area contributed by atoms with E-state index < -0.39 is 5.82 Å². The van der Waals surface area contributed by atoms with E-state index in [0.29, 0.717) is 6.04 Å². The van der Waals surface area contributed by atoms with Gasteiger partial charge in [0.25, 0.3) is 0 Å². The number of ketones is 1. The third kappa shape index (κ3) is 3.35. The molecule has 1 aliphatic rings. The molecule has 0 aliphatic carbocycles. The molecule has 0 amide bonds. The van der Waals surface area contributed by atoms with Gasteiger partial charge in [0.2, 0.25) is 0 Å². The molecule has 0 aromatic heterocycles. The number of likely N-dealkylation sites (N-methyl/N-ethyl adjacent to an activating group) is 1. The van der Waals surface area contributed by atoms with Gasteiger partial charge in [-0.2, -0.15) is 0 Å². The Bertz CT molecular complexity index is 493. The molecular weight excluding hydrogens is 259 g/mol. The summed E-state index contributed by atoms with van der Waals surface area (Å²) in [6.07, 6.45) is 0. The number of halogens is 1. The van der Waals surface area contributed by atoms with E-state index in [1.165, 1.54) is 6.07 Å². The van der Waals surface area contributed by atoms with Crippen LogP contribution in [0, 0.1) is 5.82 Å². The van der Waals surface area contributed by atoms with Crippen molar-refractivity contribution in [3.63, 3.8) is 0 Å². The van der Waals surface area contributed by atoms with Gasteiger partial charge >= 0.3 is 0 Å². The number of aromatic hydroxyl groups is 1. The van der Waals surface area contributed by atoms with Crippen LogP contribution in [0.2, 0.25) is 0 Å². The summed E-state index contributed by atoms with van der Waals surface area (Å²) in [4.78, 5) is 16.6. The molecule has 0 saturated carbocycles. The molecule has 1 saturated heterocycles. The lowest BCUT2D eigenvalue weighted by atomic mass is 10.1. The Morgan fingerprint density at radius 3 is 2.85 bits per heavy atom. The van der Waals surface area contributed by atoms with Gasteiger partial charge in [0, 0.05) is 25.7 Å². The quantitative estimate of drug-likeness (QED) is 0.853. The van der Waals surface area contributed by atoms with Crippen molar-refractivity contribution in [3.8, 4) is 5.75 Å². The Morgan fingerprint density at radius 1 is 1.45 bits per heavy atom. The molecule has 1 aromatic carbocycles. The van der Waals surface area contributed by atoms with Gasteiger partial charge in [0.15, 0.2) is 5.78 Å². The van der Waals surface area contributed by atoms with Crippen LogP contribution in [-0.2, 0) is 0 Å². The average Bonchev–Trinajstić information content (AvgIpc) is 2.41. The minimum absolute atomic E-state index is 0.0653. The highest BCUT2D eigenvalue weighted by molar-refractivity contribution is 6.00. The van der Waals surface area contributed by atoms with Crippen LogP contribution in [0.3, 0.4) is 0 Å². The summed E-state index contributed by atoms with van der Waals surface area (Å²) in [5, 5.41) is 9.65. The van der Waals surface area contributed by atoms with Crippen LogP contribution in [0.25, 0.3) is 0 Å². The first-order chi connectivity index (χ1) is 9.51. The molecule has 5 heteroatoms. The number of rotatable bonds is 4. The fourth-order valence-electron chi connectivity index (χ4n) is 2.70. The molecule has 20 heavy (non-hydrogen) atoms. The second-order valence-electron chi connectivity index (χ2n) is 5.30. The molecule has 1 aromatic rings. The zero-order valence-corrected chi connectivity index (χ0v) is 12.0. The molecule has 0 spiro atoms. The minimum Gasteiger partial charge on any atom is -0.507 e. The van der Waals surface area contributed by atoms with Crippen LogP contribution in [0.1, 0.15) is 24.2 Å². The van der Waals surface area contributed by atoms with E-state index in [2.05, 4.69) is 23.6 Å². The van der Waals surface area contributed by atoms with Crippen LogP contribution in [0.5, 0.6) is 5.75 Å². The lowest BCUT2D eigenvalue weighted by Gasteiger charge is -2.39. The summed E-state index contributed by atoms with van der Waals surface area (Å²) < 4.78 is 13.2. The molecular formula is C15H21FN2O2. The molecule has 4 nitrogen and oxygen atoms in total. The first kappa shape index (κ1) is 14.9. The van der Waals surface area contributed by atoms with Gasteiger partial charge in [-0.1, -0.05) is 6.92 Å². The van der Waals surface area contributed by atoms with Crippen LogP contribution >= 0.6 is 0 Å². The topological polar surface area (TPSA) is 43.8 Å². The molecule has 1 fully saturated rings. The molecule has 1 aliphatic heterocycles. The number of benzene rings is 1. The Labute approximate surface area is 118 Å². The highest BCUT2D eigenvalue weighted by atomic mass is 19.1. The van der Waals surface area contributed by atoms with Gasteiger partial charge in [0.1, 0.15) is 11.6 Å². The van der Waals surface area contributed by atoms with E-state index in [4.69, 9.17) is 0 Å². The van der Waals surface area contributed by atoms with Gasteiger partial charge in [-0.3, -0.25) is 14.6 Å². The van der Waals surface area contributed by atoms with E-state index in [9.17, 15) is 14.3 Å². The Balaban J connectivity index is 2.00. The molecule has 1 atom stereocenters. The van der Waals surface area contributed by atoms with E-state index >= 15 is 0 Å². The molecule has 0 bridgehead atoms. The average molecular weight is 280 g/mol. The van der Waals surface area contributed by atoms with Crippen LogP contribution in [0.4, 0.5) is 4.39 Å². The van der Waals surface area contributed by atoms with Gasteiger partial charge < -0.3 is 5.11 Å². The number of hydrogen-bond donors (Lipinski definition) is 1. The van der Waals surface area contributed by atoms with Crippen molar-refractivity contribution in [2.45, 2.75) is 19.9 Å². The zero-order valence-electron chi connectivity index (χ0n) is 12.0. The van der Waals surface area contributed by atoms with Crippen molar-refractivity contribution in [2.75, 3.05) is 32.7 Å². The summed E-state index contributed by atoms with van der Waals surface area (Å²) in [6, 6.07) is 3.88. The van der Waals surface area contributed by atoms with Crippen molar-refractivity contribution < 1.29 is 14.3 Å². The number of piperazine rings is 1. The Morgan fingerprint density at radius 2 is 2.20 bits per heavy atom. The molecule has 2 rings (SSSR count). The maximum Gasteiger partial charge on any atom is 0.180 e. The fraction of sp³-hybridized carbons (Fsp3) is 0.533. The molecule has 0 radical (unpaired) electrons. The summed E-state index contributed by atoms with van der Waals surface area (Å²) in [6.45, 7) is 8.06. The summed E-state index contributed by atoms with van der Waals surface area (Å²) in [5.74, 6) is -0.897. The van der Waals surface area contributed by atoms with Crippen molar-refractivity contribution in [2.24, 2.45) is 0 Å². The largest absolute Gasteiger partial charge is 0.507 e. The van der Waals surface area contributed by atoms with Crippen molar-refractivity contribution in [1.82, 2.24) is 9.80 Å². The second kappa shape index (κ2) is 6.33. The number of nitrogens with zero attached hydrogens (tertiary/aromatic N) is 2. The monoisotopic (exact) mass is 280 g/mol. The number of Topliss-reactive ketones (excluding diaryl/α,β-unsaturated/α-hetero) is 1. The van der Waals surface area contributed by atoms with Gasteiger partial charge in [-0.15, -0.1) is 0 Å². The van der Waals surface area contributed by atoms with E-state index in [1.54, 1.807) is 0 Å². The third-order valence-corrected chi connectivity index (χ3v) is 3.88. The van der Waals surface area contributed by atoms with Crippen molar-refractivity contribution in [1.29, 1.82) is 0 Å². The summed E-state index contributed by atoms with van der Waals surface area (Å²) in [5.41, 5.74) is 0.0653.